The van der Waals surface area contributed by atoms with Gasteiger partial charge in [0.2, 0.25) is 0 Å². The van der Waals surface area contributed by atoms with E-state index in [1.807, 2.05) is 30.3 Å². The smallest absolute Gasteiger partial charge is 0.340 e. The van der Waals surface area contributed by atoms with Crippen molar-refractivity contribution in [2.75, 3.05) is 11.9 Å². The lowest BCUT2D eigenvalue weighted by Gasteiger charge is -2.10. The van der Waals surface area contributed by atoms with Crippen molar-refractivity contribution in [2.24, 2.45) is 0 Å². The van der Waals surface area contributed by atoms with Gasteiger partial charge in [0.05, 0.1) is 25.0 Å². The number of anilines is 1. The molecule has 2 rings (SSSR count). The van der Waals surface area contributed by atoms with Crippen LogP contribution in [0.3, 0.4) is 0 Å². The Labute approximate surface area is 118 Å². The molecule has 0 saturated heterocycles. The molecule has 2 aromatic rings. The Hall–Kier alpha value is -2.23. The number of nitrogens with one attached hydrogen (secondary N) is 1. The van der Waals surface area contributed by atoms with Crippen molar-refractivity contribution in [1.29, 1.82) is 0 Å². The summed E-state index contributed by atoms with van der Waals surface area (Å²) in [7, 11) is 0. The fraction of sp³-hybridized carbons (Fsp3) is 0.312. The first-order valence-corrected chi connectivity index (χ1v) is 6.83. The highest BCUT2D eigenvalue weighted by Crippen LogP contribution is 2.17. The minimum Gasteiger partial charge on any atom is -0.467 e. The van der Waals surface area contributed by atoms with Gasteiger partial charge in [0.25, 0.3) is 0 Å². The number of esters is 1. The molecule has 1 heterocycles. The van der Waals surface area contributed by atoms with Crippen LogP contribution in [0.25, 0.3) is 0 Å². The van der Waals surface area contributed by atoms with Gasteiger partial charge in [0.1, 0.15) is 5.76 Å². The monoisotopic (exact) mass is 273 g/mol. The summed E-state index contributed by atoms with van der Waals surface area (Å²) < 4.78 is 10.5. The van der Waals surface area contributed by atoms with Crippen LogP contribution in [-0.4, -0.2) is 12.6 Å². The van der Waals surface area contributed by atoms with E-state index in [2.05, 4.69) is 12.2 Å². The molecule has 0 saturated carbocycles. The van der Waals surface area contributed by atoms with E-state index in [9.17, 15) is 4.79 Å². The maximum atomic E-state index is 12.0. The summed E-state index contributed by atoms with van der Waals surface area (Å²) in [5.74, 6) is 0.528. The zero-order valence-electron chi connectivity index (χ0n) is 11.6. The van der Waals surface area contributed by atoms with E-state index < -0.39 is 0 Å². The molecule has 0 unspecified atom stereocenters. The number of hydrogen-bond acceptors (Lipinski definition) is 4. The number of unbranched alkanes of at least 4 members (excludes halogenated alkanes) is 1. The second-order valence-corrected chi connectivity index (χ2v) is 4.47. The lowest BCUT2D eigenvalue weighted by Crippen LogP contribution is -2.10. The van der Waals surface area contributed by atoms with Crippen LogP contribution in [0.1, 0.15) is 35.9 Å². The van der Waals surface area contributed by atoms with E-state index in [1.54, 1.807) is 12.3 Å². The van der Waals surface area contributed by atoms with Gasteiger partial charge in [-0.3, -0.25) is 0 Å². The molecule has 0 aliphatic heterocycles. The summed E-state index contributed by atoms with van der Waals surface area (Å²) in [5, 5.41) is 3.19. The predicted octanol–water partition coefficient (Wildman–Crippen LogP) is 3.85. The zero-order valence-corrected chi connectivity index (χ0v) is 11.6. The van der Waals surface area contributed by atoms with Crippen LogP contribution in [0.5, 0.6) is 0 Å². The highest BCUT2D eigenvalue weighted by molar-refractivity contribution is 5.95. The first-order valence-electron chi connectivity index (χ1n) is 6.83. The lowest BCUT2D eigenvalue weighted by atomic mass is 10.2. The molecule has 0 aliphatic rings. The molecule has 4 heteroatoms. The van der Waals surface area contributed by atoms with Crippen molar-refractivity contribution >= 4 is 11.7 Å². The van der Waals surface area contributed by atoms with E-state index in [-0.39, 0.29) is 5.97 Å². The zero-order chi connectivity index (χ0) is 14.2. The van der Waals surface area contributed by atoms with Crippen molar-refractivity contribution in [1.82, 2.24) is 0 Å². The highest BCUT2D eigenvalue weighted by atomic mass is 16.5. The highest BCUT2D eigenvalue weighted by Gasteiger charge is 2.12. The second kappa shape index (κ2) is 7.38. The third-order valence-corrected chi connectivity index (χ3v) is 2.91. The normalized spacial score (nSPS) is 10.2. The van der Waals surface area contributed by atoms with E-state index in [0.717, 1.165) is 24.3 Å². The van der Waals surface area contributed by atoms with Gasteiger partial charge in [0.15, 0.2) is 0 Å². The van der Waals surface area contributed by atoms with Gasteiger partial charge in [0, 0.05) is 5.69 Å². The van der Waals surface area contributed by atoms with E-state index in [4.69, 9.17) is 9.15 Å². The Kier molecular flexibility index (Phi) is 5.24. The number of carbonyl (C=O) groups is 1. The summed E-state index contributed by atoms with van der Waals surface area (Å²) >= 11 is 0. The molecule has 0 atom stereocenters. The fourth-order valence-corrected chi connectivity index (χ4v) is 1.80. The van der Waals surface area contributed by atoms with E-state index in [1.165, 1.54) is 0 Å². The largest absolute Gasteiger partial charge is 0.467 e. The van der Waals surface area contributed by atoms with Crippen LogP contribution in [0.15, 0.2) is 47.1 Å². The maximum absolute atomic E-state index is 12.0. The van der Waals surface area contributed by atoms with Crippen LogP contribution in [0.2, 0.25) is 0 Å². The molecular formula is C16H19NO3. The standard InChI is InChI=1S/C16H19NO3/c1-2-3-10-20-16(18)14-8-4-5-9-15(14)17-12-13-7-6-11-19-13/h4-9,11,17H,2-3,10,12H2,1H3. The SMILES string of the molecule is CCCCOC(=O)c1ccccc1NCc1ccco1. The van der Waals surface area contributed by atoms with Crippen molar-refractivity contribution < 1.29 is 13.9 Å². The molecule has 0 radical (unpaired) electrons. The molecule has 106 valence electrons. The number of para-hydroxylation sites is 1. The Morgan fingerprint density at radius 2 is 2.10 bits per heavy atom. The molecule has 1 N–H and O–H groups in total. The van der Waals surface area contributed by atoms with Gasteiger partial charge in [-0.2, -0.15) is 0 Å². The van der Waals surface area contributed by atoms with Crippen LogP contribution in [-0.2, 0) is 11.3 Å². The predicted molar refractivity (Wildman–Crippen MR) is 77.7 cm³/mol. The number of ether oxygens (including phenoxy) is 1. The Balaban J connectivity index is 1.99. The molecule has 1 aromatic carbocycles. The van der Waals surface area contributed by atoms with Crippen LogP contribution < -0.4 is 5.32 Å². The molecule has 0 amide bonds. The summed E-state index contributed by atoms with van der Waals surface area (Å²) in [5.41, 5.74) is 1.31. The van der Waals surface area contributed by atoms with Crippen LogP contribution in [0, 0.1) is 0 Å². The van der Waals surface area contributed by atoms with Crippen molar-refractivity contribution in [3.8, 4) is 0 Å². The second-order valence-electron chi connectivity index (χ2n) is 4.47. The number of furan rings is 1. The summed E-state index contributed by atoms with van der Waals surface area (Å²) in [6, 6.07) is 11.1. The lowest BCUT2D eigenvalue weighted by molar-refractivity contribution is 0.0501. The van der Waals surface area contributed by atoms with Crippen molar-refractivity contribution in [3.05, 3.63) is 54.0 Å². The third kappa shape index (κ3) is 3.88. The van der Waals surface area contributed by atoms with Gasteiger partial charge in [-0.1, -0.05) is 25.5 Å². The minimum atomic E-state index is -0.291. The van der Waals surface area contributed by atoms with Gasteiger partial charge < -0.3 is 14.5 Å². The van der Waals surface area contributed by atoms with Crippen LogP contribution >= 0.6 is 0 Å². The number of carbonyl (C=O) groups excluding carboxylic acids is 1. The molecule has 0 bridgehead atoms. The first kappa shape index (κ1) is 14.2. The summed E-state index contributed by atoms with van der Waals surface area (Å²) in [4.78, 5) is 12.0. The fourth-order valence-electron chi connectivity index (χ4n) is 1.80. The van der Waals surface area contributed by atoms with Gasteiger partial charge in [-0.05, 0) is 30.7 Å². The Morgan fingerprint density at radius 1 is 1.25 bits per heavy atom. The number of hydrogen-bond donors (Lipinski definition) is 1. The van der Waals surface area contributed by atoms with Gasteiger partial charge >= 0.3 is 5.97 Å². The molecule has 0 fully saturated rings. The molecule has 0 aliphatic carbocycles. The third-order valence-electron chi connectivity index (χ3n) is 2.91. The summed E-state index contributed by atoms with van der Waals surface area (Å²) in [6.07, 6.45) is 3.52. The van der Waals surface area contributed by atoms with Crippen molar-refractivity contribution in [3.63, 3.8) is 0 Å². The number of benzene rings is 1. The maximum Gasteiger partial charge on any atom is 0.340 e. The quantitative estimate of drug-likeness (QED) is 0.615. The number of rotatable bonds is 7. The molecule has 0 spiro atoms. The topological polar surface area (TPSA) is 51.5 Å². The van der Waals surface area contributed by atoms with Crippen molar-refractivity contribution in [2.45, 2.75) is 26.3 Å². The summed E-state index contributed by atoms with van der Waals surface area (Å²) in [6.45, 7) is 3.06. The van der Waals surface area contributed by atoms with Gasteiger partial charge in [-0.15, -0.1) is 0 Å². The molecule has 1 aromatic heterocycles. The van der Waals surface area contributed by atoms with Gasteiger partial charge in [-0.25, -0.2) is 4.79 Å². The van der Waals surface area contributed by atoms with E-state index >= 15 is 0 Å². The molecular weight excluding hydrogens is 254 g/mol. The molecule has 4 nitrogen and oxygen atoms in total. The Morgan fingerprint density at radius 3 is 2.85 bits per heavy atom. The molecule has 20 heavy (non-hydrogen) atoms. The van der Waals surface area contributed by atoms with Crippen LogP contribution in [0.4, 0.5) is 5.69 Å². The Bertz CT molecular complexity index is 534. The minimum absolute atomic E-state index is 0.291. The van der Waals surface area contributed by atoms with E-state index in [0.29, 0.717) is 18.7 Å². The average molecular weight is 273 g/mol. The first-order chi connectivity index (χ1) is 9.81. The average Bonchev–Trinajstić information content (AvgIpc) is 2.99.